The molecule has 0 heterocycles. The van der Waals surface area contributed by atoms with Crippen molar-refractivity contribution in [2.45, 2.75) is 6.92 Å². The number of fused-ring (bicyclic) bond motifs is 1. The van der Waals surface area contributed by atoms with Crippen LogP contribution in [0.2, 0.25) is 0 Å². The molecular weight excluding hydrogens is 268 g/mol. The Labute approximate surface area is 131 Å². The largest absolute Gasteiger partial charge is 0.303 e. The molecular formula is C20H20N2. The van der Waals surface area contributed by atoms with Crippen LogP contribution in [-0.4, -0.2) is 25.3 Å². The second kappa shape index (κ2) is 6.02. The van der Waals surface area contributed by atoms with E-state index < -0.39 is 0 Å². The highest BCUT2D eigenvalue weighted by Gasteiger charge is 2.07. The van der Waals surface area contributed by atoms with E-state index >= 15 is 0 Å². The Morgan fingerprint density at radius 3 is 2.18 bits per heavy atom. The molecule has 3 aromatic carbocycles. The van der Waals surface area contributed by atoms with E-state index in [0.29, 0.717) is 0 Å². The Hall–Kier alpha value is -2.61. The van der Waals surface area contributed by atoms with Crippen molar-refractivity contribution in [3.63, 3.8) is 0 Å². The number of nitrogens with zero attached hydrogens (tertiary/aromatic N) is 2. The normalized spacial score (nSPS) is 11.2. The van der Waals surface area contributed by atoms with Crippen LogP contribution in [0, 0.1) is 6.92 Å². The topological polar surface area (TPSA) is 15.6 Å². The zero-order chi connectivity index (χ0) is 15.5. The van der Waals surface area contributed by atoms with Crippen molar-refractivity contribution >= 4 is 17.0 Å². The number of hydrazone groups is 1. The summed E-state index contributed by atoms with van der Waals surface area (Å²) in [5.41, 5.74) is 4.90. The van der Waals surface area contributed by atoms with E-state index in [1.807, 2.05) is 25.3 Å². The van der Waals surface area contributed by atoms with Crippen LogP contribution in [0.4, 0.5) is 0 Å². The summed E-state index contributed by atoms with van der Waals surface area (Å²) in [7, 11) is 3.86. The second-order valence-electron chi connectivity index (χ2n) is 5.69. The predicted octanol–water partition coefficient (Wildman–Crippen LogP) is 4.71. The molecule has 0 aliphatic heterocycles. The minimum atomic E-state index is 1.13. The molecule has 22 heavy (non-hydrogen) atoms. The van der Waals surface area contributed by atoms with Crippen molar-refractivity contribution in [2.24, 2.45) is 5.10 Å². The van der Waals surface area contributed by atoms with Gasteiger partial charge in [0, 0.05) is 19.7 Å². The standard InChI is InChI=1S/C20H20N2/c1-15-12-16-8-4-5-9-17(16)13-20(15)19-11-7-6-10-18(19)14-21-22(2)3/h4-14H,1-3H3/b21-14+. The number of hydrogen-bond donors (Lipinski definition) is 0. The highest BCUT2D eigenvalue weighted by molar-refractivity contribution is 5.95. The molecule has 3 aromatic rings. The summed E-state index contributed by atoms with van der Waals surface area (Å²) in [6.07, 6.45) is 1.92. The maximum atomic E-state index is 4.38. The fraction of sp³-hybridized carbons (Fsp3) is 0.150. The average Bonchev–Trinajstić information content (AvgIpc) is 2.52. The summed E-state index contributed by atoms with van der Waals surface area (Å²) < 4.78 is 0. The molecule has 0 aromatic heterocycles. The second-order valence-corrected chi connectivity index (χ2v) is 5.69. The van der Waals surface area contributed by atoms with Gasteiger partial charge in [0.1, 0.15) is 0 Å². The average molecular weight is 288 g/mol. The summed E-state index contributed by atoms with van der Waals surface area (Å²) in [6, 6.07) is 21.4. The molecule has 3 rings (SSSR count). The van der Waals surface area contributed by atoms with Gasteiger partial charge in [-0.25, -0.2) is 0 Å². The van der Waals surface area contributed by atoms with Gasteiger partial charge in [-0.3, -0.25) is 0 Å². The third-order valence-corrected chi connectivity index (χ3v) is 3.77. The van der Waals surface area contributed by atoms with Gasteiger partial charge in [0.05, 0.1) is 6.21 Å². The summed E-state index contributed by atoms with van der Waals surface area (Å²) in [5.74, 6) is 0. The first-order valence-corrected chi connectivity index (χ1v) is 7.45. The van der Waals surface area contributed by atoms with Crippen LogP contribution in [0.5, 0.6) is 0 Å². The third kappa shape index (κ3) is 2.86. The van der Waals surface area contributed by atoms with Gasteiger partial charge in [0.25, 0.3) is 0 Å². The Bertz CT molecular complexity index is 832. The first kappa shape index (κ1) is 14.3. The monoisotopic (exact) mass is 288 g/mol. The van der Waals surface area contributed by atoms with Gasteiger partial charge in [-0.2, -0.15) is 5.10 Å². The molecule has 0 radical (unpaired) electrons. The van der Waals surface area contributed by atoms with Crippen molar-refractivity contribution < 1.29 is 0 Å². The lowest BCUT2D eigenvalue weighted by atomic mass is 9.93. The minimum absolute atomic E-state index is 1.13. The van der Waals surface area contributed by atoms with E-state index in [-0.39, 0.29) is 0 Å². The lowest BCUT2D eigenvalue weighted by Gasteiger charge is -2.12. The predicted molar refractivity (Wildman–Crippen MR) is 95.4 cm³/mol. The van der Waals surface area contributed by atoms with Gasteiger partial charge in [-0.15, -0.1) is 0 Å². The van der Waals surface area contributed by atoms with Crippen molar-refractivity contribution in [3.8, 4) is 11.1 Å². The number of aryl methyl sites for hydroxylation is 1. The van der Waals surface area contributed by atoms with E-state index in [9.17, 15) is 0 Å². The molecule has 0 unspecified atom stereocenters. The Kier molecular flexibility index (Phi) is 3.92. The third-order valence-electron chi connectivity index (χ3n) is 3.77. The van der Waals surface area contributed by atoms with Gasteiger partial charge in [-0.1, -0.05) is 54.6 Å². The Morgan fingerprint density at radius 1 is 0.818 bits per heavy atom. The summed E-state index contributed by atoms with van der Waals surface area (Å²) >= 11 is 0. The molecule has 0 aliphatic rings. The van der Waals surface area contributed by atoms with Gasteiger partial charge in [-0.05, 0) is 40.5 Å². The van der Waals surface area contributed by atoms with Crippen LogP contribution in [-0.2, 0) is 0 Å². The molecule has 0 spiro atoms. The lowest BCUT2D eigenvalue weighted by Crippen LogP contribution is -2.02. The van der Waals surface area contributed by atoms with E-state index in [1.54, 1.807) is 0 Å². The molecule has 2 nitrogen and oxygen atoms in total. The summed E-state index contributed by atoms with van der Waals surface area (Å²) in [4.78, 5) is 0. The quantitative estimate of drug-likeness (QED) is 0.503. The highest BCUT2D eigenvalue weighted by atomic mass is 15.4. The number of benzene rings is 3. The fourth-order valence-electron chi connectivity index (χ4n) is 2.68. The summed E-state index contributed by atoms with van der Waals surface area (Å²) in [5, 5.41) is 8.74. The zero-order valence-electron chi connectivity index (χ0n) is 13.2. The summed E-state index contributed by atoms with van der Waals surface area (Å²) in [6.45, 7) is 2.17. The first-order chi connectivity index (χ1) is 10.6. The molecule has 0 aliphatic carbocycles. The fourth-order valence-corrected chi connectivity index (χ4v) is 2.68. The maximum Gasteiger partial charge on any atom is 0.0548 e. The van der Waals surface area contributed by atoms with Crippen LogP contribution in [0.1, 0.15) is 11.1 Å². The van der Waals surface area contributed by atoms with Crippen molar-refractivity contribution in [2.75, 3.05) is 14.1 Å². The molecule has 0 saturated heterocycles. The molecule has 0 N–H and O–H groups in total. The van der Waals surface area contributed by atoms with Crippen molar-refractivity contribution in [3.05, 3.63) is 71.8 Å². The maximum absolute atomic E-state index is 4.38. The van der Waals surface area contributed by atoms with Crippen molar-refractivity contribution in [1.82, 2.24) is 5.01 Å². The van der Waals surface area contributed by atoms with E-state index in [4.69, 9.17) is 0 Å². The Morgan fingerprint density at radius 2 is 1.45 bits per heavy atom. The Balaban J connectivity index is 2.17. The smallest absolute Gasteiger partial charge is 0.0548 e. The highest BCUT2D eigenvalue weighted by Crippen LogP contribution is 2.30. The van der Waals surface area contributed by atoms with Gasteiger partial charge >= 0.3 is 0 Å². The molecule has 0 atom stereocenters. The van der Waals surface area contributed by atoms with E-state index in [0.717, 1.165) is 5.56 Å². The van der Waals surface area contributed by atoms with Crippen LogP contribution in [0.3, 0.4) is 0 Å². The molecule has 0 saturated carbocycles. The van der Waals surface area contributed by atoms with Crippen LogP contribution in [0.25, 0.3) is 21.9 Å². The molecule has 0 fully saturated rings. The molecule has 2 heteroatoms. The zero-order valence-corrected chi connectivity index (χ0v) is 13.2. The van der Waals surface area contributed by atoms with Crippen LogP contribution < -0.4 is 0 Å². The van der Waals surface area contributed by atoms with Crippen LogP contribution >= 0.6 is 0 Å². The van der Waals surface area contributed by atoms with E-state index in [1.165, 1.54) is 27.5 Å². The molecule has 0 amide bonds. The minimum Gasteiger partial charge on any atom is -0.303 e. The van der Waals surface area contributed by atoms with Crippen molar-refractivity contribution in [1.29, 1.82) is 0 Å². The SMILES string of the molecule is Cc1cc2ccccc2cc1-c1ccccc1/C=N/N(C)C. The van der Waals surface area contributed by atoms with Crippen LogP contribution in [0.15, 0.2) is 65.8 Å². The van der Waals surface area contributed by atoms with Gasteiger partial charge in [0.15, 0.2) is 0 Å². The molecule has 0 bridgehead atoms. The number of rotatable bonds is 3. The van der Waals surface area contributed by atoms with Gasteiger partial charge < -0.3 is 5.01 Å². The van der Waals surface area contributed by atoms with Gasteiger partial charge in [0.2, 0.25) is 0 Å². The van der Waals surface area contributed by atoms with E-state index in [2.05, 4.69) is 72.7 Å². The number of hydrogen-bond acceptors (Lipinski definition) is 2. The lowest BCUT2D eigenvalue weighted by molar-refractivity contribution is 0.440. The first-order valence-electron chi connectivity index (χ1n) is 7.45. The molecule has 110 valence electrons.